The number of amides is 1. The van der Waals surface area contributed by atoms with E-state index in [9.17, 15) is 4.79 Å². The van der Waals surface area contributed by atoms with Crippen LogP contribution in [0.15, 0.2) is 65.1 Å². The van der Waals surface area contributed by atoms with Crippen LogP contribution in [0.5, 0.6) is 5.75 Å². The van der Waals surface area contributed by atoms with Crippen LogP contribution in [0.1, 0.15) is 10.4 Å². The molecule has 0 aliphatic heterocycles. The number of anilines is 3. The summed E-state index contributed by atoms with van der Waals surface area (Å²) in [5, 5.41) is 14.0. The summed E-state index contributed by atoms with van der Waals surface area (Å²) in [5.41, 5.74) is 1.36. The molecule has 1 aromatic heterocycles. The molecule has 1 amide bonds. The van der Waals surface area contributed by atoms with E-state index in [-0.39, 0.29) is 5.91 Å². The lowest BCUT2D eigenvalue weighted by atomic mass is 10.2. The Bertz CT molecular complexity index is 884. The van der Waals surface area contributed by atoms with Gasteiger partial charge in [-0.15, -0.1) is 10.2 Å². The molecular formula is C18H15BrN4O2. The van der Waals surface area contributed by atoms with Crippen LogP contribution in [-0.4, -0.2) is 23.2 Å². The number of halogens is 1. The Labute approximate surface area is 153 Å². The summed E-state index contributed by atoms with van der Waals surface area (Å²) in [6, 6.07) is 18.0. The van der Waals surface area contributed by atoms with Gasteiger partial charge in [0.15, 0.2) is 11.6 Å². The van der Waals surface area contributed by atoms with Gasteiger partial charge in [-0.2, -0.15) is 0 Å². The zero-order chi connectivity index (χ0) is 17.6. The molecule has 126 valence electrons. The molecule has 0 saturated carbocycles. The molecular weight excluding hydrogens is 384 g/mol. The number of carbonyl (C=O) groups excluding carboxylic acids is 1. The van der Waals surface area contributed by atoms with E-state index in [4.69, 9.17) is 4.74 Å². The highest BCUT2D eigenvalue weighted by Gasteiger charge is 2.08. The number of hydrogen-bond donors (Lipinski definition) is 2. The number of nitrogens with one attached hydrogen (secondary N) is 2. The van der Waals surface area contributed by atoms with Crippen LogP contribution in [0, 0.1) is 0 Å². The third kappa shape index (κ3) is 4.33. The molecule has 2 N–H and O–H groups in total. The molecule has 0 bridgehead atoms. The van der Waals surface area contributed by atoms with E-state index in [2.05, 4.69) is 36.8 Å². The molecule has 0 saturated heterocycles. The first kappa shape index (κ1) is 16.9. The predicted octanol–water partition coefficient (Wildman–Crippen LogP) is 4.24. The van der Waals surface area contributed by atoms with Gasteiger partial charge in [0.1, 0.15) is 5.75 Å². The molecule has 25 heavy (non-hydrogen) atoms. The molecule has 0 atom stereocenters. The second-order valence-corrected chi connectivity index (χ2v) is 5.95. The first-order chi connectivity index (χ1) is 12.2. The molecule has 3 rings (SSSR count). The lowest BCUT2D eigenvalue weighted by Crippen LogP contribution is -2.13. The Morgan fingerprint density at radius 1 is 1.00 bits per heavy atom. The summed E-state index contributed by atoms with van der Waals surface area (Å²) in [6.45, 7) is 0. The highest BCUT2D eigenvalue weighted by atomic mass is 79.9. The minimum absolute atomic E-state index is 0.278. The summed E-state index contributed by atoms with van der Waals surface area (Å²) in [4.78, 5) is 12.2. The second kappa shape index (κ2) is 7.76. The minimum atomic E-state index is -0.278. The van der Waals surface area contributed by atoms with Gasteiger partial charge < -0.3 is 15.4 Å². The average Bonchev–Trinajstić information content (AvgIpc) is 2.65. The number of ether oxygens (including phenoxy) is 1. The Hall–Kier alpha value is -2.93. The number of benzene rings is 2. The van der Waals surface area contributed by atoms with Gasteiger partial charge in [-0.1, -0.05) is 18.2 Å². The van der Waals surface area contributed by atoms with Crippen LogP contribution in [0.4, 0.5) is 17.3 Å². The number of rotatable bonds is 5. The number of carbonyl (C=O) groups is 1. The van der Waals surface area contributed by atoms with Crippen LogP contribution in [0.2, 0.25) is 0 Å². The average molecular weight is 399 g/mol. The van der Waals surface area contributed by atoms with Crippen molar-refractivity contribution < 1.29 is 9.53 Å². The van der Waals surface area contributed by atoms with Crippen molar-refractivity contribution in [2.24, 2.45) is 0 Å². The van der Waals surface area contributed by atoms with Crippen molar-refractivity contribution in [2.45, 2.75) is 0 Å². The summed E-state index contributed by atoms with van der Waals surface area (Å²) < 4.78 is 6.04. The van der Waals surface area contributed by atoms with Gasteiger partial charge >= 0.3 is 0 Å². The van der Waals surface area contributed by atoms with E-state index in [1.807, 2.05) is 24.3 Å². The monoisotopic (exact) mass is 398 g/mol. The first-order valence-electron chi connectivity index (χ1n) is 7.46. The van der Waals surface area contributed by atoms with Crippen LogP contribution >= 0.6 is 15.9 Å². The molecule has 0 aliphatic carbocycles. The van der Waals surface area contributed by atoms with E-state index < -0.39 is 0 Å². The number of para-hydroxylation sites is 1. The smallest absolute Gasteiger partial charge is 0.256 e. The molecule has 0 spiro atoms. The predicted molar refractivity (Wildman–Crippen MR) is 100 cm³/mol. The fourth-order valence-electron chi connectivity index (χ4n) is 2.12. The molecule has 0 aliphatic rings. The Kier molecular flexibility index (Phi) is 5.25. The van der Waals surface area contributed by atoms with Gasteiger partial charge in [-0.3, -0.25) is 4.79 Å². The standard InChI is InChI=1S/C18H15BrN4O2/c1-25-13-6-4-5-12(11-13)18(24)21-17-10-9-16(22-23-17)20-15-8-3-2-7-14(15)19/h2-11H,1H3,(H,20,22)(H,21,23,24). The summed E-state index contributed by atoms with van der Waals surface area (Å²) in [7, 11) is 1.55. The maximum absolute atomic E-state index is 12.2. The van der Waals surface area contributed by atoms with Crippen molar-refractivity contribution in [3.05, 3.63) is 70.7 Å². The molecule has 6 nitrogen and oxygen atoms in total. The van der Waals surface area contributed by atoms with Crippen LogP contribution in [0.25, 0.3) is 0 Å². The van der Waals surface area contributed by atoms with E-state index in [1.165, 1.54) is 0 Å². The van der Waals surface area contributed by atoms with Gasteiger partial charge in [0.2, 0.25) is 0 Å². The molecule has 7 heteroatoms. The molecule has 3 aromatic rings. The van der Waals surface area contributed by atoms with Gasteiger partial charge in [0.25, 0.3) is 5.91 Å². The Morgan fingerprint density at radius 2 is 1.76 bits per heavy atom. The summed E-state index contributed by atoms with van der Waals surface area (Å²) >= 11 is 3.46. The van der Waals surface area contributed by atoms with Crippen molar-refractivity contribution in [1.29, 1.82) is 0 Å². The van der Waals surface area contributed by atoms with Crippen LogP contribution in [-0.2, 0) is 0 Å². The van der Waals surface area contributed by atoms with Gasteiger partial charge in [0, 0.05) is 10.0 Å². The van der Waals surface area contributed by atoms with Crippen molar-refractivity contribution >= 4 is 39.2 Å². The van der Waals surface area contributed by atoms with Gasteiger partial charge in [-0.05, 0) is 58.4 Å². The SMILES string of the molecule is COc1cccc(C(=O)Nc2ccc(Nc3ccccc3Br)nn2)c1. The number of aromatic nitrogens is 2. The van der Waals surface area contributed by atoms with Gasteiger partial charge in [0.05, 0.1) is 12.8 Å². The fourth-order valence-corrected chi connectivity index (χ4v) is 2.50. The largest absolute Gasteiger partial charge is 0.497 e. The third-order valence-corrected chi connectivity index (χ3v) is 4.07. The molecule has 1 heterocycles. The lowest BCUT2D eigenvalue weighted by Gasteiger charge is -2.08. The normalized spacial score (nSPS) is 10.2. The van der Waals surface area contributed by atoms with Crippen molar-refractivity contribution in [3.63, 3.8) is 0 Å². The quantitative estimate of drug-likeness (QED) is 0.671. The zero-order valence-electron chi connectivity index (χ0n) is 13.4. The Balaban J connectivity index is 1.68. The molecule has 0 unspecified atom stereocenters. The van der Waals surface area contributed by atoms with Crippen molar-refractivity contribution in [1.82, 2.24) is 10.2 Å². The van der Waals surface area contributed by atoms with E-state index in [0.29, 0.717) is 22.9 Å². The van der Waals surface area contributed by atoms with E-state index in [0.717, 1.165) is 10.2 Å². The van der Waals surface area contributed by atoms with E-state index in [1.54, 1.807) is 43.5 Å². The fraction of sp³-hybridized carbons (Fsp3) is 0.0556. The lowest BCUT2D eigenvalue weighted by molar-refractivity contribution is 0.102. The first-order valence-corrected chi connectivity index (χ1v) is 8.26. The van der Waals surface area contributed by atoms with Crippen molar-refractivity contribution in [2.75, 3.05) is 17.7 Å². The maximum Gasteiger partial charge on any atom is 0.256 e. The van der Waals surface area contributed by atoms with E-state index >= 15 is 0 Å². The van der Waals surface area contributed by atoms with Gasteiger partial charge in [-0.25, -0.2) is 0 Å². The number of hydrogen-bond acceptors (Lipinski definition) is 5. The maximum atomic E-state index is 12.2. The molecule has 0 fully saturated rings. The van der Waals surface area contributed by atoms with Crippen molar-refractivity contribution in [3.8, 4) is 5.75 Å². The molecule has 2 aromatic carbocycles. The second-order valence-electron chi connectivity index (χ2n) is 5.09. The number of methoxy groups -OCH3 is 1. The minimum Gasteiger partial charge on any atom is -0.497 e. The molecule has 0 radical (unpaired) electrons. The third-order valence-electron chi connectivity index (χ3n) is 3.37. The van der Waals surface area contributed by atoms with Crippen LogP contribution in [0.3, 0.4) is 0 Å². The highest BCUT2D eigenvalue weighted by Crippen LogP contribution is 2.24. The Morgan fingerprint density at radius 3 is 2.48 bits per heavy atom. The van der Waals surface area contributed by atoms with Crippen LogP contribution < -0.4 is 15.4 Å². The topological polar surface area (TPSA) is 76.1 Å². The highest BCUT2D eigenvalue weighted by molar-refractivity contribution is 9.10. The summed E-state index contributed by atoms with van der Waals surface area (Å²) in [5.74, 6) is 1.28. The summed E-state index contributed by atoms with van der Waals surface area (Å²) in [6.07, 6.45) is 0. The zero-order valence-corrected chi connectivity index (χ0v) is 14.9. The number of nitrogens with zero attached hydrogens (tertiary/aromatic N) is 2.